The fraction of sp³-hybridized carbons (Fsp3) is 0.917. The average molecular weight is 196 g/mol. The fourth-order valence-corrected chi connectivity index (χ4v) is 1.15. The predicted octanol–water partition coefficient (Wildman–Crippen LogP) is 2.95. The van der Waals surface area contributed by atoms with Gasteiger partial charge in [-0.05, 0) is 46.1 Å². The molecule has 0 rings (SSSR count). The minimum absolute atomic E-state index is 0.164. The second kappa shape index (κ2) is 6.03. The van der Waals surface area contributed by atoms with Crippen molar-refractivity contribution in [3.8, 4) is 6.07 Å². The van der Waals surface area contributed by atoms with Crippen molar-refractivity contribution >= 4 is 0 Å². The van der Waals surface area contributed by atoms with Crippen molar-refractivity contribution in [1.29, 1.82) is 5.26 Å². The molecule has 0 bridgehead atoms. The Balaban J connectivity index is 3.53. The van der Waals surface area contributed by atoms with Crippen LogP contribution in [0.2, 0.25) is 0 Å². The van der Waals surface area contributed by atoms with Gasteiger partial charge in [0, 0.05) is 6.04 Å². The lowest BCUT2D eigenvalue weighted by Crippen LogP contribution is -2.31. The Morgan fingerprint density at radius 2 is 1.86 bits per heavy atom. The number of hydrogen-bond acceptors (Lipinski definition) is 2. The maximum atomic E-state index is 8.82. The molecule has 0 aliphatic carbocycles. The highest BCUT2D eigenvalue weighted by Crippen LogP contribution is 2.20. The predicted molar refractivity (Wildman–Crippen MR) is 60.9 cm³/mol. The van der Waals surface area contributed by atoms with E-state index in [4.69, 9.17) is 5.26 Å². The summed E-state index contributed by atoms with van der Waals surface area (Å²) in [6.07, 6.45) is 2.05. The van der Waals surface area contributed by atoms with Crippen LogP contribution in [-0.2, 0) is 0 Å². The molecule has 0 saturated carbocycles. The van der Waals surface area contributed by atoms with Crippen LogP contribution in [-0.4, -0.2) is 12.6 Å². The van der Waals surface area contributed by atoms with Crippen LogP contribution in [0.4, 0.5) is 0 Å². The van der Waals surface area contributed by atoms with E-state index in [0.717, 1.165) is 19.4 Å². The molecule has 1 atom stereocenters. The highest BCUT2D eigenvalue weighted by Gasteiger charge is 2.15. The summed E-state index contributed by atoms with van der Waals surface area (Å²) in [5, 5.41) is 12.3. The molecule has 14 heavy (non-hydrogen) atoms. The van der Waals surface area contributed by atoms with Crippen LogP contribution in [0.15, 0.2) is 0 Å². The van der Waals surface area contributed by atoms with E-state index in [0.29, 0.717) is 12.0 Å². The molecule has 0 aromatic carbocycles. The van der Waals surface area contributed by atoms with Gasteiger partial charge in [0.2, 0.25) is 0 Å². The molecule has 0 heterocycles. The van der Waals surface area contributed by atoms with Gasteiger partial charge in [-0.1, -0.05) is 13.8 Å². The van der Waals surface area contributed by atoms with Gasteiger partial charge in [0.05, 0.1) is 11.5 Å². The van der Waals surface area contributed by atoms with Crippen molar-refractivity contribution < 1.29 is 0 Å². The number of rotatable bonds is 6. The molecule has 82 valence electrons. The van der Waals surface area contributed by atoms with E-state index in [1.165, 1.54) is 0 Å². The van der Waals surface area contributed by atoms with Crippen molar-refractivity contribution in [2.45, 2.75) is 53.5 Å². The molecule has 0 fully saturated rings. The zero-order valence-corrected chi connectivity index (χ0v) is 10.2. The van der Waals surface area contributed by atoms with Gasteiger partial charge < -0.3 is 5.32 Å². The first-order valence-electron chi connectivity index (χ1n) is 5.53. The van der Waals surface area contributed by atoms with Crippen LogP contribution in [0.25, 0.3) is 0 Å². The van der Waals surface area contributed by atoms with E-state index in [1.54, 1.807) is 0 Å². The zero-order chi connectivity index (χ0) is 11.2. The van der Waals surface area contributed by atoms with Crippen LogP contribution in [0.5, 0.6) is 0 Å². The van der Waals surface area contributed by atoms with Gasteiger partial charge in [-0.2, -0.15) is 5.26 Å². The molecule has 0 radical (unpaired) electrons. The van der Waals surface area contributed by atoms with E-state index in [-0.39, 0.29) is 5.41 Å². The van der Waals surface area contributed by atoms with Crippen molar-refractivity contribution in [2.24, 2.45) is 11.3 Å². The molecular formula is C12H24N2. The molecule has 0 aromatic heterocycles. The Morgan fingerprint density at radius 1 is 1.29 bits per heavy atom. The van der Waals surface area contributed by atoms with Gasteiger partial charge in [-0.3, -0.25) is 0 Å². The summed E-state index contributed by atoms with van der Waals surface area (Å²) in [5.41, 5.74) is -0.164. The van der Waals surface area contributed by atoms with Gasteiger partial charge in [-0.15, -0.1) is 0 Å². The van der Waals surface area contributed by atoms with Crippen molar-refractivity contribution in [1.82, 2.24) is 5.32 Å². The van der Waals surface area contributed by atoms with E-state index < -0.39 is 0 Å². The Kier molecular flexibility index (Phi) is 5.79. The molecule has 0 aromatic rings. The number of nitrogens with one attached hydrogen (secondary N) is 1. The van der Waals surface area contributed by atoms with Crippen LogP contribution in [0.3, 0.4) is 0 Å². The zero-order valence-electron chi connectivity index (χ0n) is 10.2. The fourth-order valence-electron chi connectivity index (χ4n) is 1.15. The number of nitrogens with zero attached hydrogens (tertiary/aromatic N) is 1. The van der Waals surface area contributed by atoms with Crippen molar-refractivity contribution in [3.63, 3.8) is 0 Å². The second-order valence-electron chi connectivity index (χ2n) is 5.09. The molecular weight excluding hydrogens is 172 g/mol. The number of hydrogen-bond donors (Lipinski definition) is 1. The third kappa shape index (κ3) is 5.99. The van der Waals surface area contributed by atoms with Crippen molar-refractivity contribution in [3.05, 3.63) is 0 Å². The molecule has 2 heteroatoms. The summed E-state index contributed by atoms with van der Waals surface area (Å²) in [7, 11) is 0. The Hall–Kier alpha value is -0.550. The third-order valence-corrected chi connectivity index (χ3v) is 2.75. The SMILES string of the molecule is CC(C)C(C)NCCCC(C)(C)C#N. The first kappa shape index (κ1) is 13.4. The lowest BCUT2D eigenvalue weighted by atomic mass is 9.90. The van der Waals surface area contributed by atoms with E-state index >= 15 is 0 Å². The van der Waals surface area contributed by atoms with Crippen molar-refractivity contribution in [2.75, 3.05) is 6.54 Å². The van der Waals surface area contributed by atoms with Crippen LogP contribution in [0, 0.1) is 22.7 Å². The summed E-state index contributed by atoms with van der Waals surface area (Å²) in [6, 6.07) is 2.89. The molecule has 0 amide bonds. The maximum absolute atomic E-state index is 8.82. The maximum Gasteiger partial charge on any atom is 0.0683 e. The number of nitriles is 1. The largest absolute Gasteiger partial charge is 0.314 e. The van der Waals surface area contributed by atoms with Gasteiger partial charge in [0.15, 0.2) is 0 Å². The highest BCUT2D eigenvalue weighted by molar-refractivity contribution is 4.91. The topological polar surface area (TPSA) is 35.8 Å². The highest BCUT2D eigenvalue weighted by atomic mass is 14.9. The van der Waals surface area contributed by atoms with Gasteiger partial charge >= 0.3 is 0 Å². The van der Waals surface area contributed by atoms with Gasteiger partial charge in [-0.25, -0.2) is 0 Å². The summed E-state index contributed by atoms with van der Waals surface area (Å²) < 4.78 is 0. The molecule has 1 N–H and O–H groups in total. The molecule has 0 spiro atoms. The van der Waals surface area contributed by atoms with E-state index in [2.05, 4.69) is 32.2 Å². The van der Waals surface area contributed by atoms with Crippen LogP contribution in [0.1, 0.15) is 47.5 Å². The normalized spacial score (nSPS) is 14.1. The van der Waals surface area contributed by atoms with E-state index in [9.17, 15) is 0 Å². The summed E-state index contributed by atoms with van der Waals surface area (Å²) in [4.78, 5) is 0. The molecule has 1 unspecified atom stereocenters. The Morgan fingerprint density at radius 3 is 2.29 bits per heavy atom. The van der Waals surface area contributed by atoms with Crippen LogP contribution < -0.4 is 5.32 Å². The minimum atomic E-state index is -0.164. The summed E-state index contributed by atoms with van der Waals surface area (Å²) in [5.74, 6) is 0.680. The molecule has 0 aliphatic rings. The molecule has 2 nitrogen and oxygen atoms in total. The monoisotopic (exact) mass is 196 g/mol. The van der Waals surface area contributed by atoms with Gasteiger partial charge in [0.25, 0.3) is 0 Å². The standard InChI is InChI=1S/C12H24N2/c1-10(2)11(3)14-8-6-7-12(4,5)9-13/h10-11,14H,6-8H2,1-5H3. The first-order chi connectivity index (χ1) is 6.39. The smallest absolute Gasteiger partial charge is 0.0683 e. The lowest BCUT2D eigenvalue weighted by molar-refractivity contribution is 0.386. The summed E-state index contributed by atoms with van der Waals surface area (Å²) in [6.45, 7) is 11.7. The van der Waals surface area contributed by atoms with E-state index in [1.807, 2.05) is 13.8 Å². The lowest BCUT2D eigenvalue weighted by Gasteiger charge is -2.19. The quantitative estimate of drug-likeness (QED) is 0.663. The summed E-state index contributed by atoms with van der Waals surface area (Å²) >= 11 is 0. The second-order valence-corrected chi connectivity index (χ2v) is 5.09. The Bertz CT molecular complexity index is 189. The third-order valence-electron chi connectivity index (χ3n) is 2.75. The molecule has 0 saturated heterocycles. The average Bonchev–Trinajstić information content (AvgIpc) is 2.12. The first-order valence-corrected chi connectivity index (χ1v) is 5.53. The van der Waals surface area contributed by atoms with Gasteiger partial charge in [0.1, 0.15) is 0 Å². The Labute approximate surface area is 88.7 Å². The van der Waals surface area contributed by atoms with Crippen LogP contribution >= 0.6 is 0 Å². The minimum Gasteiger partial charge on any atom is -0.314 e. The molecule has 0 aliphatic heterocycles.